The first kappa shape index (κ1) is 25.4. The van der Waals surface area contributed by atoms with Gasteiger partial charge in [-0.2, -0.15) is 0 Å². The molecule has 0 bridgehead atoms. The number of hydrogen-bond acceptors (Lipinski definition) is 4. The Bertz CT molecular complexity index is 840. The summed E-state index contributed by atoms with van der Waals surface area (Å²) in [6, 6.07) is 6.96. The summed E-state index contributed by atoms with van der Waals surface area (Å²) in [5, 5.41) is 0. The monoisotopic (exact) mass is 451 g/mol. The second-order valence-corrected chi connectivity index (χ2v) is 9.31. The number of allylic oxidation sites excluding steroid dienone is 2. The minimum Gasteiger partial charge on any atom is -0.372 e. The van der Waals surface area contributed by atoms with Gasteiger partial charge in [0.05, 0.1) is 5.84 Å². The molecule has 0 aliphatic carbocycles. The molecule has 182 valence electrons. The van der Waals surface area contributed by atoms with Crippen LogP contribution < -0.4 is 0 Å². The van der Waals surface area contributed by atoms with E-state index >= 15 is 0 Å². The number of hydrogen-bond donors (Lipinski definition) is 0. The molecule has 5 heteroatoms. The van der Waals surface area contributed by atoms with Crippen LogP contribution in [0, 0.1) is 6.92 Å². The van der Waals surface area contributed by atoms with Gasteiger partial charge in [0.25, 0.3) is 0 Å². The number of amidine groups is 1. The van der Waals surface area contributed by atoms with Crippen molar-refractivity contribution in [3.8, 4) is 0 Å². The summed E-state index contributed by atoms with van der Waals surface area (Å²) >= 11 is 0. The maximum atomic E-state index is 4.57. The van der Waals surface area contributed by atoms with Gasteiger partial charge in [-0.15, -0.1) is 0 Å². The zero-order valence-electron chi connectivity index (χ0n) is 21.7. The van der Waals surface area contributed by atoms with Crippen molar-refractivity contribution in [1.29, 1.82) is 0 Å². The smallest absolute Gasteiger partial charge is 0.0958 e. The number of rotatable bonds is 8. The number of aryl methyl sites for hydroxylation is 1. The summed E-state index contributed by atoms with van der Waals surface area (Å²) in [4.78, 5) is 14.6. The van der Waals surface area contributed by atoms with Crippen LogP contribution in [-0.2, 0) is 6.54 Å². The molecule has 2 heterocycles. The fourth-order valence-corrected chi connectivity index (χ4v) is 5.06. The van der Waals surface area contributed by atoms with E-state index in [1.807, 2.05) is 0 Å². The Morgan fingerprint density at radius 1 is 0.939 bits per heavy atom. The van der Waals surface area contributed by atoms with Crippen LogP contribution in [0.25, 0.3) is 5.70 Å². The molecule has 0 spiro atoms. The molecular weight excluding hydrogens is 406 g/mol. The van der Waals surface area contributed by atoms with Gasteiger partial charge in [0.2, 0.25) is 0 Å². The lowest BCUT2D eigenvalue weighted by atomic mass is 10.0. The van der Waals surface area contributed by atoms with Gasteiger partial charge in [0.15, 0.2) is 0 Å². The van der Waals surface area contributed by atoms with E-state index in [1.165, 1.54) is 33.9 Å². The van der Waals surface area contributed by atoms with E-state index < -0.39 is 0 Å². The standard InChI is InChI=1S/C28H45N5/c1-7-10-27(8-2)33-19-17-31(18-20-33)24(5)28-21-26(12-11-23(28)4)22-30-13-15-32(16-14-30)25(6)29-9-3/h10-12,21H,5,7-9,13-20,22H2,1-4,6H3/b27-10+,29-25+. The van der Waals surface area contributed by atoms with E-state index in [4.69, 9.17) is 0 Å². The first-order valence-corrected chi connectivity index (χ1v) is 12.9. The Kier molecular flexibility index (Phi) is 9.42. The van der Waals surface area contributed by atoms with E-state index in [-0.39, 0.29) is 0 Å². The van der Waals surface area contributed by atoms with Crippen molar-refractivity contribution in [3.63, 3.8) is 0 Å². The Morgan fingerprint density at radius 3 is 2.18 bits per heavy atom. The van der Waals surface area contributed by atoms with Crippen molar-refractivity contribution >= 4 is 11.5 Å². The molecule has 0 N–H and O–H groups in total. The fourth-order valence-electron chi connectivity index (χ4n) is 5.06. The molecule has 0 radical (unpaired) electrons. The Morgan fingerprint density at radius 2 is 1.58 bits per heavy atom. The molecule has 33 heavy (non-hydrogen) atoms. The third kappa shape index (κ3) is 6.63. The van der Waals surface area contributed by atoms with Gasteiger partial charge in [0, 0.05) is 82.4 Å². The van der Waals surface area contributed by atoms with Gasteiger partial charge in [-0.1, -0.05) is 38.6 Å². The predicted octanol–water partition coefficient (Wildman–Crippen LogP) is 4.84. The number of nitrogens with zero attached hydrogens (tertiary/aromatic N) is 5. The molecule has 5 nitrogen and oxygen atoms in total. The highest BCUT2D eigenvalue weighted by Crippen LogP contribution is 2.25. The van der Waals surface area contributed by atoms with Crippen molar-refractivity contribution in [3.05, 3.63) is 53.2 Å². The van der Waals surface area contributed by atoms with Gasteiger partial charge >= 0.3 is 0 Å². The minimum absolute atomic E-state index is 0.867. The minimum atomic E-state index is 0.867. The maximum Gasteiger partial charge on any atom is 0.0958 e. The van der Waals surface area contributed by atoms with Gasteiger partial charge in [-0.25, -0.2) is 0 Å². The molecule has 2 fully saturated rings. The maximum absolute atomic E-state index is 4.57. The SMILES string of the molecule is C=C(c1cc(CN2CCN(/C(C)=N/CC)CC2)ccc1C)N1CCN(/C(=C/CC)CC)CC1. The van der Waals surface area contributed by atoms with E-state index in [9.17, 15) is 0 Å². The van der Waals surface area contributed by atoms with Gasteiger partial charge in [0.1, 0.15) is 0 Å². The largest absolute Gasteiger partial charge is 0.372 e. The fraction of sp³-hybridized carbons (Fsp3) is 0.607. The van der Waals surface area contributed by atoms with Crippen molar-refractivity contribution in [1.82, 2.24) is 19.6 Å². The molecule has 3 rings (SSSR count). The van der Waals surface area contributed by atoms with Crippen LogP contribution in [0.4, 0.5) is 0 Å². The summed E-state index contributed by atoms with van der Waals surface area (Å²) in [7, 11) is 0. The van der Waals surface area contributed by atoms with Gasteiger partial charge in [-0.3, -0.25) is 9.89 Å². The average molecular weight is 452 g/mol. The van der Waals surface area contributed by atoms with Crippen LogP contribution in [0.3, 0.4) is 0 Å². The van der Waals surface area contributed by atoms with E-state index in [2.05, 4.69) is 90.1 Å². The first-order valence-electron chi connectivity index (χ1n) is 12.9. The van der Waals surface area contributed by atoms with Crippen LogP contribution in [0.1, 0.15) is 57.2 Å². The molecular formula is C28H45N5. The molecule has 2 aliphatic heterocycles. The normalized spacial score (nSPS) is 18.8. The second kappa shape index (κ2) is 12.3. The quantitative estimate of drug-likeness (QED) is 0.417. The molecule has 2 aliphatic rings. The van der Waals surface area contributed by atoms with Crippen molar-refractivity contribution < 1.29 is 0 Å². The lowest BCUT2D eigenvalue weighted by Gasteiger charge is -2.39. The third-order valence-electron chi connectivity index (χ3n) is 7.11. The molecule has 0 aromatic heterocycles. The van der Waals surface area contributed by atoms with Crippen molar-refractivity contribution in [2.24, 2.45) is 4.99 Å². The summed E-state index contributed by atoms with van der Waals surface area (Å²) in [5.74, 6) is 1.18. The van der Waals surface area contributed by atoms with Crippen LogP contribution in [0.5, 0.6) is 0 Å². The zero-order chi connectivity index (χ0) is 23.8. The lowest BCUT2D eigenvalue weighted by Crippen LogP contribution is -2.47. The van der Waals surface area contributed by atoms with Crippen molar-refractivity contribution in [2.45, 2.75) is 54.0 Å². The molecule has 1 aromatic rings. The number of piperazine rings is 2. The van der Waals surface area contributed by atoms with Crippen molar-refractivity contribution in [2.75, 3.05) is 58.9 Å². The van der Waals surface area contributed by atoms with Gasteiger partial charge < -0.3 is 14.7 Å². The molecule has 0 amide bonds. The number of benzene rings is 1. The van der Waals surface area contributed by atoms with E-state index in [0.717, 1.165) is 78.3 Å². The molecule has 0 unspecified atom stereocenters. The Labute approximate surface area is 202 Å². The Balaban J connectivity index is 1.59. The van der Waals surface area contributed by atoms with E-state index in [1.54, 1.807) is 0 Å². The highest BCUT2D eigenvalue weighted by molar-refractivity contribution is 5.79. The molecule has 2 saturated heterocycles. The summed E-state index contributed by atoms with van der Waals surface area (Å²) in [5.41, 5.74) is 6.70. The predicted molar refractivity (Wildman–Crippen MR) is 143 cm³/mol. The first-order chi connectivity index (χ1) is 16.0. The molecule has 0 atom stereocenters. The van der Waals surface area contributed by atoms with Crippen LogP contribution in [-0.4, -0.2) is 84.3 Å². The zero-order valence-corrected chi connectivity index (χ0v) is 21.7. The highest BCUT2D eigenvalue weighted by Gasteiger charge is 2.21. The summed E-state index contributed by atoms with van der Waals surface area (Å²) < 4.78 is 0. The lowest BCUT2D eigenvalue weighted by molar-refractivity contribution is 0.174. The third-order valence-corrected chi connectivity index (χ3v) is 7.11. The topological polar surface area (TPSA) is 25.3 Å². The molecule has 0 saturated carbocycles. The van der Waals surface area contributed by atoms with Crippen LogP contribution >= 0.6 is 0 Å². The summed E-state index contributed by atoms with van der Waals surface area (Å²) in [6.45, 7) is 25.9. The number of aliphatic imine (C=N–C) groups is 1. The summed E-state index contributed by atoms with van der Waals surface area (Å²) in [6.07, 6.45) is 4.62. The Hall–Kier alpha value is -2.27. The van der Waals surface area contributed by atoms with Crippen LogP contribution in [0.2, 0.25) is 0 Å². The molecule has 1 aromatic carbocycles. The van der Waals surface area contributed by atoms with Gasteiger partial charge in [-0.05, 0) is 50.8 Å². The highest BCUT2D eigenvalue weighted by atomic mass is 15.3. The second-order valence-electron chi connectivity index (χ2n) is 9.31. The van der Waals surface area contributed by atoms with Crippen LogP contribution in [0.15, 0.2) is 41.5 Å². The average Bonchev–Trinajstić information content (AvgIpc) is 2.84. The van der Waals surface area contributed by atoms with E-state index in [0.29, 0.717) is 0 Å².